The number of allylic oxidation sites excluding steroid dienone is 2. The molecule has 4 aromatic carbocycles. The van der Waals surface area contributed by atoms with Gasteiger partial charge >= 0.3 is 0 Å². The predicted octanol–water partition coefficient (Wildman–Crippen LogP) is 8.31. The van der Waals surface area contributed by atoms with Crippen LogP contribution in [-0.4, -0.2) is 4.57 Å². The molecule has 0 aliphatic heterocycles. The van der Waals surface area contributed by atoms with Crippen LogP contribution in [0.1, 0.15) is 38.3 Å². The fourth-order valence-corrected chi connectivity index (χ4v) is 5.54. The molecular weight excluding hydrogens is 374 g/mol. The number of nitrogens with zero attached hydrogens (tertiary/aromatic N) is 1. The van der Waals surface area contributed by atoms with Gasteiger partial charge in [-0.05, 0) is 63.9 Å². The van der Waals surface area contributed by atoms with Gasteiger partial charge in [-0.25, -0.2) is 0 Å². The maximum absolute atomic E-state index is 2.50. The number of aromatic nitrogens is 1. The molecule has 1 nitrogen and oxygen atoms in total. The summed E-state index contributed by atoms with van der Waals surface area (Å²) in [4.78, 5) is 0. The Bertz CT molecular complexity index is 1490. The number of fused-ring (bicyclic) bond motifs is 8. The molecule has 0 fully saturated rings. The lowest BCUT2D eigenvalue weighted by Crippen LogP contribution is -2.14. The zero-order chi connectivity index (χ0) is 21.2. The highest BCUT2D eigenvalue weighted by molar-refractivity contribution is 6.24. The van der Waals surface area contributed by atoms with Gasteiger partial charge in [-0.15, -0.1) is 0 Å². The highest BCUT2D eigenvalue weighted by atomic mass is 15.0. The van der Waals surface area contributed by atoms with Crippen LogP contribution in [0.2, 0.25) is 0 Å². The van der Waals surface area contributed by atoms with Gasteiger partial charge in [-0.1, -0.05) is 87.5 Å². The summed E-state index contributed by atoms with van der Waals surface area (Å²) in [5.74, 6) is 0. The summed E-state index contributed by atoms with van der Waals surface area (Å²) in [5.41, 5.74) is 8.46. The van der Waals surface area contributed by atoms with E-state index in [1.807, 2.05) is 0 Å². The van der Waals surface area contributed by atoms with Crippen LogP contribution in [0.5, 0.6) is 0 Å². The fourth-order valence-electron chi connectivity index (χ4n) is 5.54. The predicted molar refractivity (Wildman–Crippen MR) is 134 cm³/mol. The maximum Gasteiger partial charge on any atom is 0.0585 e. The Morgan fingerprint density at radius 3 is 2.10 bits per heavy atom. The highest BCUT2D eigenvalue weighted by Crippen LogP contribution is 2.48. The van der Waals surface area contributed by atoms with Crippen molar-refractivity contribution in [1.29, 1.82) is 0 Å². The van der Waals surface area contributed by atoms with E-state index in [1.165, 1.54) is 55.0 Å². The van der Waals surface area contributed by atoms with E-state index in [0.29, 0.717) is 0 Å². The molecule has 1 heteroatoms. The van der Waals surface area contributed by atoms with Gasteiger partial charge in [0.15, 0.2) is 0 Å². The van der Waals surface area contributed by atoms with Crippen LogP contribution in [0.4, 0.5) is 0 Å². The van der Waals surface area contributed by atoms with E-state index in [0.717, 1.165) is 12.8 Å². The van der Waals surface area contributed by atoms with Crippen molar-refractivity contribution >= 4 is 38.2 Å². The zero-order valence-electron chi connectivity index (χ0n) is 18.4. The molecule has 0 amide bonds. The minimum absolute atomic E-state index is 0.106. The first-order chi connectivity index (χ1) is 15.1. The molecule has 1 aromatic heterocycles. The molecule has 0 spiro atoms. The summed E-state index contributed by atoms with van der Waals surface area (Å²) in [5, 5.41) is 5.48. The molecule has 152 valence electrons. The molecule has 1 aliphatic rings. The Morgan fingerprint density at radius 1 is 0.710 bits per heavy atom. The van der Waals surface area contributed by atoms with Crippen LogP contribution in [0.25, 0.3) is 43.8 Å². The number of hydrogen-bond donors (Lipinski definition) is 0. The van der Waals surface area contributed by atoms with E-state index in [2.05, 4.69) is 110 Å². The van der Waals surface area contributed by atoms with Crippen molar-refractivity contribution in [3.8, 4) is 5.69 Å². The van der Waals surface area contributed by atoms with Crippen LogP contribution in [-0.2, 0) is 6.42 Å². The largest absolute Gasteiger partial charge is 0.309 e. The number of aryl methyl sites for hydroxylation is 1. The van der Waals surface area contributed by atoms with Gasteiger partial charge in [0.25, 0.3) is 0 Å². The first-order valence-electron chi connectivity index (χ1n) is 11.3. The lowest BCUT2D eigenvalue weighted by molar-refractivity contribution is 0.562. The van der Waals surface area contributed by atoms with E-state index < -0.39 is 0 Å². The van der Waals surface area contributed by atoms with E-state index in [1.54, 1.807) is 0 Å². The van der Waals surface area contributed by atoms with Gasteiger partial charge in [0.2, 0.25) is 0 Å². The van der Waals surface area contributed by atoms with Crippen LogP contribution < -0.4 is 0 Å². The third kappa shape index (κ3) is 2.63. The number of para-hydroxylation sites is 2. The molecular formula is C30H27N. The van der Waals surface area contributed by atoms with Gasteiger partial charge in [-0.3, -0.25) is 0 Å². The molecule has 0 bridgehead atoms. The van der Waals surface area contributed by atoms with Crippen LogP contribution in [0.3, 0.4) is 0 Å². The van der Waals surface area contributed by atoms with Crippen molar-refractivity contribution in [3.63, 3.8) is 0 Å². The second-order valence-electron chi connectivity index (χ2n) is 9.72. The lowest BCUT2D eigenvalue weighted by Gasteiger charge is -2.31. The fraction of sp³-hybridized carbons (Fsp3) is 0.200. The molecule has 0 N–H and O–H groups in total. The lowest BCUT2D eigenvalue weighted by atomic mass is 9.74. The van der Waals surface area contributed by atoms with E-state index in [9.17, 15) is 0 Å². The Balaban J connectivity index is 1.92. The van der Waals surface area contributed by atoms with Crippen LogP contribution >= 0.6 is 0 Å². The number of hydrogen-bond acceptors (Lipinski definition) is 0. The average Bonchev–Trinajstić information content (AvgIpc) is 3.14. The number of benzene rings is 4. The zero-order valence-corrected chi connectivity index (χ0v) is 18.4. The monoisotopic (exact) mass is 401 g/mol. The normalized spacial score (nSPS) is 14.2. The summed E-state index contributed by atoms with van der Waals surface area (Å²) in [7, 11) is 0. The topological polar surface area (TPSA) is 4.93 Å². The van der Waals surface area contributed by atoms with Crippen molar-refractivity contribution in [2.75, 3.05) is 0 Å². The molecule has 0 unspecified atom stereocenters. The van der Waals surface area contributed by atoms with Crippen molar-refractivity contribution in [2.45, 2.75) is 33.6 Å². The molecule has 0 atom stereocenters. The number of rotatable bonds is 1. The third-order valence-corrected chi connectivity index (χ3v) is 6.76. The highest BCUT2D eigenvalue weighted by Gasteiger charge is 2.29. The van der Waals surface area contributed by atoms with Crippen LogP contribution in [0, 0.1) is 5.41 Å². The first-order valence-corrected chi connectivity index (χ1v) is 11.3. The average molecular weight is 402 g/mol. The Hall–Kier alpha value is -3.32. The third-order valence-electron chi connectivity index (χ3n) is 6.76. The van der Waals surface area contributed by atoms with E-state index >= 15 is 0 Å². The molecule has 1 heterocycles. The Kier molecular flexibility index (Phi) is 3.92. The van der Waals surface area contributed by atoms with Gasteiger partial charge < -0.3 is 4.57 Å². The van der Waals surface area contributed by atoms with Gasteiger partial charge in [0.05, 0.1) is 11.0 Å². The maximum atomic E-state index is 2.50. The molecule has 31 heavy (non-hydrogen) atoms. The van der Waals surface area contributed by atoms with Gasteiger partial charge in [0, 0.05) is 16.5 Å². The summed E-state index contributed by atoms with van der Waals surface area (Å²) in [6.07, 6.45) is 4.67. The summed E-state index contributed by atoms with van der Waals surface area (Å²) >= 11 is 0. The van der Waals surface area contributed by atoms with Gasteiger partial charge in [-0.2, -0.15) is 0 Å². The molecule has 0 saturated heterocycles. The Morgan fingerprint density at radius 2 is 1.35 bits per heavy atom. The summed E-state index contributed by atoms with van der Waals surface area (Å²) in [6, 6.07) is 28.8. The molecule has 1 aliphatic carbocycles. The van der Waals surface area contributed by atoms with Crippen molar-refractivity contribution < 1.29 is 0 Å². The van der Waals surface area contributed by atoms with Gasteiger partial charge in [0.1, 0.15) is 0 Å². The summed E-state index contributed by atoms with van der Waals surface area (Å²) < 4.78 is 2.50. The van der Waals surface area contributed by atoms with E-state index in [-0.39, 0.29) is 5.41 Å². The molecule has 0 radical (unpaired) electrons. The quantitative estimate of drug-likeness (QED) is 0.266. The molecule has 6 rings (SSSR count). The van der Waals surface area contributed by atoms with Crippen LogP contribution in [0.15, 0.2) is 84.9 Å². The molecule has 0 saturated carbocycles. The minimum Gasteiger partial charge on any atom is -0.309 e. The summed E-state index contributed by atoms with van der Waals surface area (Å²) in [6.45, 7) is 7.04. The minimum atomic E-state index is 0.106. The second kappa shape index (κ2) is 6.59. The smallest absolute Gasteiger partial charge is 0.0585 e. The van der Waals surface area contributed by atoms with Crippen molar-refractivity contribution in [3.05, 3.63) is 96.1 Å². The van der Waals surface area contributed by atoms with E-state index in [4.69, 9.17) is 0 Å². The first kappa shape index (κ1) is 18.4. The second-order valence-corrected chi connectivity index (χ2v) is 9.72. The SMILES string of the molecule is CC(C)(C)C1=CCCc2c1c1ccccc1c1c3ccccc3n(-c3ccccc3)c21. The standard InChI is InChI=1S/C30H27N/c1-30(2,3)25-18-11-17-24-27(25)21-14-7-8-15-22(21)28-23-16-9-10-19-26(23)31(29(24)28)20-12-5-4-6-13-20/h4-10,12-16,18-19H,11,17H2,1-3H3. The van der Waals surface area contributed by atoms with Crippen molar-refractivity contribution in [2.24, 2.45) is 5.41 Å². The Labute approximate surface area is 183 Å². The molecule has 5 aromatic rings. The van der Waals surface area contributed by atoms with Crippen molar-refractivity contribution in [1.82, 2.24) is 4.57 Å².